The number of rotatable bonds is 6. The quantitative estimate of drug-likeness (QED) is 0.593. The Kier molecular flexibility index (Phi) is 5.89. The van der Waals surface area contributed by atoms with Gasteiger partial charge in [0.1, 0.15) is 17.9 Å². The van der Waals surface area contributed by atoms with Crippen molar-refractivity contribution < 1.29 is 28.6 Å². The lowest BCUT2D eigenvalue weighted by Gasteiger charge is -2.14. The van der Waals surface area contributed by atoms with Crippen LogP contribution < -0.4 is 4.74 Å². The number of carbonyl (C=O) groups is 3. The number of methoxy groups -OCH3 is 2. The Morgan fingerprint density at radius 2 is 1.44 bits per heavy atom. The first-order valence-corrected chi connectivity index (χ1v) is 7.50. The minimum atomic E-state index is -0.689. The zero-order chi connectivity index (χ0) is 18.4. The fraction of sp³-hybridized carbons (Fsp3) is 0.211. The summed E-state index contributed by atoms with van der Waals surface area (Å²) < 4.78 is 15.1. The number of Topliss-reactive ketones (excluding diaryl/α,β-unsaturated/α-hetero) is 1. The minimum absolute atomic E-state index is 0.0331. The molecular weight excluding hydrogens is 324 g/mol. The molecule has 25 heavy (non-hydrogen) atoms. The third-order valence-corrected chi connectivity index (χ3v) is 3.55. The Bertz CT molecular complexity index is 795. The highest BCUT2D eigenvalue weighted by molar-refractivity contribution is 6.08. The van der Waals surface area contributed by atoms with Gasteiger partial charge >= 0.3 is 11.9 Å². The molecule has 0 unspecified atom stereocenters. The van der Waals surface area contributed by atoms with Crippen molar-refractivity contribution in [3.63, 3.8) is 0 Å². The van der Waals surface area contributed by atoms with Crippen molar-refractivity contribution in [2.45, 2.75) is 13.5 Å². The van der Waals surface area contributed by atoms with E-state index in [2.05, 4.69) is 0 Å². The van der Waals surface area contributed by atoms with E-state index in [4.69, 9.17) is 14.2 Å². The van der Waals surface area contributed by atoms with E-state index in [1.165, 1.54) is 33.3 Å². The van der Waals surface area contributed by atoms with Crippen LogP contribution in [0.1, 0.15) is 43.6 Å². The summed E-state index contributed by atoms with van der Waals surface area (Å²) >= 11 is 0. The zero-order valence-corrected chi connectivity index (χ0v) is 14.2. The van der Waals surface area contributed by atoms with Crippen molar-refractivity contribution >= 4 is 17.7 Å². The molecular formula is C19H18O6. The number of ether oxygens (including phenoxy) is 3. The van der Waals surface area contributed by atoms with E-state index in [0.29, 0.717) is 0 Å². The topological polar surface area (TPSA) is 78.9 Å². The molecule has 0 heterocycles. The van der Waals surface area contributed by atoms with Gasteiger partial charge in [-0.15, -0.1) is 0 Å². The van der Waals surface area contributed by atoms with Crippen LogP contribution in [0.25, 0.3) is 0 Å². The summed E-state index contributed by atoms with van der Waals surface area (Å²) in [4.78, 5) is 35.9. The molecule has 0 radical (unpaired) electrons. The fourth-order valence-corrected chi connectivity index (χ4v) is 2.27. The smallest absolute Gasteiger partial charge is 0.341 e. The summed E-state index contributed by atoms with van der Waals surface area (Å²) in [6, 6.07) is 11.9. The molecule has 0 atom stereocenters. The molecule has 130 valence electrons. The van der Waals surface area contributed by atoms with Crippen molar-refractivity contribution in [1.82, 2.24) is 0 Å². The van der Waals surface area contributed by atoms with Gasteiger partial charge in [0.25, 0.3) is 0 Å². The van der Waals surface area contributed by atoms with Gasteiger partial charge in [-0.05, 0) is 24.6 Å². The second kappa shape index (κ2) is 8.10. The van der Waals surface area contributed by atoms with E-state index in [9.17, 15) is 14.4 Å². The maximum Gasteiger partial charge on any atom is 0.341 e. The molecule has 0 saturated heterocycles. The first-order chi connectivity index (χ1) is 12.0. The van der Waals surface area contributed by atoms with Crippen molar-refractivity contribution in [3.05, 3.63) is 64.7 Å². The number of hydrogen-bond acceptors (Lipinski definition) is 6. The Balaban J connectivity index is 2.49. The number of carbonyl (C=O) groups excluding carboxylic acids is 3. The van der Waals surface area contributed by atoms with Crippen LogP contribution in [-0.2, 0) is 16.1 Å². The van der Waals surface area contributed by atoms with Crippen molar-refractivity contribution in [3.8, 4) is 5.75 Å². The first kappa shape index (κ1) is 18.2. The molecule has 0 bridgehead atoms. The van der Waals surface area contributed by atoms with Gasteiger partial charge in [0.15, 0.2) is 5.78 Å². The van der Waals surface area contributed by atoms with Crippen molar-refractivity contribution in [1.29, 1.82) is 0 Å². The van der Waals surface area contributed by atoms with Crippen LogP contribution in [0.2, 0.25) is 0 Å². The van der Waals surface area contributed by atoms with Gasteiger partial charge in [0, 0.05) is 5.56 Å². The van der Waals surface area contributed by atoms with Gasteiger partial charge in [-0.1, -0.05) is 30.3 Å². The molecule has 0 saturated carbocycles. The molecule has 0 spiro atoms. The highest BCUT2D eigenvalue weighted by atomic mass is 16.5. The predicted molar refractivity (Wildman–Crippen MR) is 89.9 cm³/mol. The predicted octanol–water partition coefficient (Wildman–Crippen LogP) is 3.04. The van der Waals surface area contributed by atoms with Gasteiger partial charge in [-0.3, -0.25) is 4.79 Å². The van der Waals surface area contributed by atoms with E-state index in [0.717, 1.165) is 5.56 Å². The summed E-state index contributed by atoms with van der Waals surface area (Å²) in [6.07, 6.45) is 0. The van der Waals surface area contributed by atoms with E-state index >= 15 is 0 Å². The standard InChI is InChI=1S/C19H18O6/c1-12(20)14-9-16(19(22)24-3)17(10-15(14)18(21)23-2)25-11-13-7-5-4-6-8-13/h4-10H,11H2,1-3H3. The lowest BCUT2D eigenvalue weighted by atomic mass is 10.00. The molecule has 0 aromatic heterocycles. The van der Waals surface area contributed by atoms with E-state index in [1.807, 2.05) is 30.3 Å². The Morgan fingerprint density at radius 3 is 2.00 bits per heavy atom. The van der Waals surface area contributed by atoms with Gasteiger partial charge in [0.05, 0.1) is 19.8 Å². The molecule has 0 N–H and O–H groups in total. The third kappa shape index (κ3) is 4.23. The molecule has 2 aromatic carbocycles. The van der Waals surface area contributed by atoms with Gasteiger partial charge in [-0.25, -0.2) is 9.59 Å². The second-order valence-corrected chi connectivity index (χ2v) is 5.21. The first-order valence-electron chi connectivity index (χ1n) is 7.50. The average molecular weight is 342 g/mol. The second-order valence-electron chi connectivity index (χ2n) is 5.21. The van der Waals surface area contributed by atoms with E-state index < -0.39 is 11.9 Å². The summed E-state index contributed by atoms with van der Waals surface area (Å²) in [5.74, 6) is -1.59. The zero-order valence-electron chi connectivity index (χ0n) is 14.2. The number of benzene rings is 2. The number of ketones is 1. The molecule has 0 fully saturated rings. The van der Waals surface area contributed by atoms with Gasteiger partial charge < -0.3 is 14.2 Å². The Labute approximate surface area is 145 Å². The van der Waals surface area contributed by atoms with Crippen LogP contribution in [0.5, 0.6) is 5.75 Å². The highest BCUT2D eigenvalue weighted by Crippen LogP contribution is 2.27. The van der Waals surface area contributed by atoms with Crippen LogP contribution in [0.4, 0.5) is 0 Å². The Morgan fingerprint density at radius 1 is 0.840 bits per heavy atom. The lowest BCUT2D eigenvalue weighted by molar-refractivity contribution is 0.0580. The van der Waals surface area contributed by atoms with Gasteiger partial charge in [0.2, 0.25) is 0 Å². The lowest BCUT2D eigenvalue weighted by Crippen LogP contribution is -2.13. The van der Waals surface area contributed by atoms with Crippen LogP contribution >= 0.6 is 0 Å². The highest BCUT2D eigenvalue weighted by Gasteiger charge is 2.23. The third-order valence-electron chi connectivity index (χ3n) is 3.55. The number of esters is 2. The van der Waals surface area contributed by atoms with Gasteiger partial charge in [-0.2, -0.15) is 0 Å². The van der Waals surface area contributed by atoms with E-state index in [-0.39, 0.29) is 34.8 Å². The minimum Gasteiger partial charge on any atom is -0.488 e. The molecule has 6 nitrogen and oxygen atoms in total. The van der Waals surface area contributed by atoms with Crippen molar-refractivity contribution in [2.24, 2.45) is 0 Å². The summed E-state index contributed by atoms with van der Waals surface area (Å²) in [6.45, 7) is 1.48. The van der Waals surface area contributed by atoms with Crippen LogP contribution in [0.3, 0.4) is 0 Å². The molecule has 6 heteroatoms. The maximum atomic E-state index is 12.0. The SMILES string of the molecule is COC(=O)c1cc(C(C)=O)c(C(=O)OC)cc1OCc1ccccc1. The molecule has 0 amide bonds. The molecule has 2 rings (SSSR count). The molecule has 0 aliphatic carbocycles. The monoisotopic (exact) mass is 342 g/mol. The maximum absolute atomic E-state index is 12.0. The fourth-order valence-electron chi connectivity index (χ4n) is 2.27. The molecule has 2 aromatic rings. The summed E-state index contributed by atoms with van der Waals surface area (Å²) in [7, 11) is 2.44. The van der Waals surface area contributed by atoms with Crippen molar-refractivity contribution in [2.75, 3.05) is 14.2 Å². The van der Waals surface area contributed by atoms with Crippen LogP contribution in [-0.4, -0.2) is 31.9 Å². The van der Waals surface area contributed by atoms with E-state index in [1.54, 1.807) is 0 Å². The summed E-state index contributed by atoms with van der Waals surface area (Å²) in [5, 5.41) is 0. The summed E-state index contributed by atoms with van der Waals surface area (Å²) in [5.41, 5.74) is 1.05. The average Bonchev–Trinajstić information content (AvgIpc) is 2.65. The van der Waals surface area contributed by atoms with Crippen LogP contribution in [0.15, 0.2) is 42.5 Å². The Hall–Kier alpha value is -3.15. The largest absolute Gasteiger partial charge is 0.488 e. The molecule has 0 aliphatic rings. The van der Waals surface area contributed by atoms with Crippen LogP contribution in [0, 0.1) is 0 Å². The molecule has 0 aliphatic heterocycles. The number of hydrogen-bond donors (Lipinski definition) is 0. The normalized spacial score (nSPS) is 10.0.